The lowest BCUT2D eigenvalue weighted by Gasteiger charge is -2.11. The largest absolute Gasteiger partial charge is 0.497 e. The first-order valence-electron chi connectivity index (χ1n) is 7.64. The number of carbonyl (C=O) groups excluding carboxylic acids is 2. The van der Waals surface area contributed by atoms with Gasteiger partial charge in [0.05, 0.1) is 19.9 Å². The summed E-state index contributed by atoms with van der Waals surface area (Å²) in [6.45, 7) is -0.430. The van der Waals surface area contributed by atoms with E-state index in [1.807, 2.05) is 0 Å². The Kier molecular flexibility index (Phi) is 7.05. The zero-order chi connectivity index (χ0) is 18.9. The van der Waals surface area contributed by atoms with E-state index in [4.69, 9.17) is 25.8 Å². The summed E-state index contributed by atoms with van der Waals surface area (Å²) >= 11 is 5.99. The molecule has 0 bridgehead atoms. The number of hydrogen-bond donors (Lipinski definition) is 1. The number of anilines is 1. The van der Waals surface area contributed by atoms with Crippen molar-refractivity contribution in [2.24, 2.45) is 0 Å². The van der Waals surface area contributed by atoms with Crippen molar-refractivity contribution in [3.63, 3.8) is 0 Å². The average molecular weight is 376 g/mol. The molecule has 0 heterocycles. The van der Waals surface area contributed by atoms with Crippen molar-refractivity contribution < 1.29 is 23.8 Å². The Bertz CT molecular complexity index is 819. The molecule has 0 spiro atoms. The summed E-state index contributed by atoms with van der Waals surface area (Å²) in [5.41, 5.74) is 1.12. The monoisotopic (exact) mass is 375 g/mol. The van der Waals surface area contributed by atoms with E-state index in [-0.39, 0.29) is 0 Å². The van der Waals surface area contributed by atoms with Crippen LogP contribution >= 0.6 is 11.6 Å². The van der Waals surface area contributed by atoms with Crippen LogP contribution in [-0.4, -0.2) is 32.7 Å². The summed E-state index contributed by atoms with van der Waals surface area (Å²) in [5.74, 6) is -0.117. The molecule has 2 aromatic rings. The Morgan fingerprint density at radius 3 is 2.58 bits per heavy atom. The van der Waals surface area contributed by atoms with Crippen LogP contribution in [0.5, 0.6) is 11.5 Å². The molecule has 1 amide bonds. The highest BCUT2D eigenvalue weighted by atomic mass is 35.5. The molecular weight excluding hydrogens is 358 g/mol. The van der Waals surface area contributed by atoms with Gasteiger partial charge in [0.15, 0.2) is 6.61 Å². The second-order valence-corrected chi connectivity index (χ2v) is 5.48. The molecule has 26 heavy (non-hydrogen) atoms. The lowest BCUT2D eigenvalue weighted by Crippen LogP contribution is -2.20. The summed E-state index contributed by atoms with van der Waals surface area (Å²) in [5, 5.41) is 3.12. The fraction of sp³-hybridized carbons (Fsp3) is 0.158. The minimum atomic E-state index is -0.651. The van der Waals surface area contributed by atoms with E-state index in [1.165, 1.54) is 26.4 Å². The van der Waals surface area contributed by atoms with Gasteiger partial charge in [0.1, 0.15) is 11.5 Å². The summed E-state index contributed by atoms with van der Waals surface area (Å²) in [4.78, 5) is 23.7. The van der Waals surface area contributed by atoms with Gasteiger partial charge in [0, 0.05) is 17.2 Å². The zero-order valence-electron chi connectivity index (χ0n) is 14.3. The highest BCUT2D eigenvalue weighted by molar-refractivity contribution is 6.32. The molecule has 0 aliphatic rings. The predicted molar refractivity (Wildman–Crippen MR) is 99.6 cm³/mol. The average Bonchev–Trinajstić information content (AvgIpc) is 2.66. The van der Waals surface area contributed by atoms with Gasteiger partial charge in [0.2, 0.25) is 0 Å². The molecule has 0 saturated carbocycles. The van der Waals surface area contributed by atoms with Gasteiger partial charge in [0.25, 0.3) is 5.91 Å². The Hall–Kier alpha value is -2.99. The third-order valence-electron chi connectivity index (χ3n) is 3.33. The Morgan fingerprint density at radius 1 is 1.12 bits per heavy atom. The standard InChI is InChI=1S/C19H18ClNO5/c1-24-14-8-9-16(17(11-14)25-2)21-18(22)12-26-19(23)10-7-13-5-3-4-6-15(13)20/h3-11H,12H2,1-2H3,(H,21,22)/b10-7+. The second-order valence-electron chi connectivity index (χ2n) is 5.08. The van der Waals surface area contributed by atoms with Crippen LogP contribution in [0, 0.1) is 0 Å². The number of esters is 1. The smallest absolute Gasteiger partial charge is 0.331 e. The van der Waals surface area contributed by atoms with Gasteiger partial charge in [-0.3, -0.25) is 4.79 Å². The molecule has 1 N–H and O–H groups in total. The molecule has 136 valence electrons. The molecule has 2 rings (SSSR count). The maximum atomic E-state index is 11.9. The van der Waals surface area contributed by atoms with E-state index >= 15 is 0 Å². The maximum absolute atomic E-state index is 11.9. The number of nitrogens with one attached hydrogen (secondary N) is 1. The minimum Gasteiger partial charge on any atom is -0.497 e. The third-order valence-corrected chi connectivity index (χ3v) is 3.68. The fourth-order valence-corrected chi connectivity index (χ4v) is 2.24. The van der Waals surface area contributed by atoms with E-state index < -0.39 is 18.5 Å². The van der Waals surface area contributed by atoms with Crippen LogP contribution in [0.15, 0.2) is 48.5 Å². The second kappa shape index (κ2) is 9.48. The molecule has 0 unspecified atom stereocenters. The van der Waals surface area contributed by atoms with Crippen molar-refractivity contribution in [1.29, 1.82) is 0 Å². The normalized spacial score (nSPS) is 10.4. The number of carbonyl (C=O) groups is 2. The number of methoxy groups -OCH3 is 2. The van der Waals surface area contributed by atoms with Gasteiger partial charge in [-0.25, -0.2) is 4.79 Å². The van der Waals surface area contributed by atoms with Crippen LogP contribution in [0.1, 0.15) is 5.56 Å². The number of halogens is 1. The Balaban J connectivity index is 1.89. The van der Waals surface area contributed by atoms with E-state index in [0.29, 0.717) is 27.8 Å². The van der Waals surface area contributed by atoms with Gasteiger partial charge >= 0.3 is 5.97 Å². The Labute approximate surface area is 156 Å². The highest BCUT2D eigenvalue weighted by Gasteiger charge is 2.10. The molecule has 0 aromatic heterocycles. The summed E-state index contributed by atoms with van der Waals surface area (Å²) in [6.07, 6.45) is 2.73. The minimum absolute atomic E-state index is 0.430. The first-order valence-corrected chi connectivity index (χ1v) is 8.02. The first kappa shape index (κ1) is 19.3. The SMILES string of the molecule is COc1ccc(NC(=O)COC(=O)/C=C/c2ccccc2Cl)c(OC)c1. The van der Waals surface area contributed by atoms with E-state index in [0.717, 1.165) is 0 Å². The van der Waals surface area contributed by atoms with Crippen molar-refractivity contribution in [2.75, 3.05) is 26.1 Å². The number of ether oxygens (including phenoxy) is 3. The molecule has 6 nitrogen and oxygen atoms in total. The molecule has 7 heteroatoms. The molecule has 0 atom stereocenters. The van der Waals surface area contributed by atoms with Gasteiger partial charge < -0.3 is 19.5 Å². The summed E-state index contributed by atoms with van der Waals surface area (Å²) in [6, 6.07) is 12.0. The molecule has 2 aromatic carbocycles. The van der Waals surface area contributed by atoms with Gasteiger partial charge in [-0.15, -0.1) is 0 Å². The van der Waals surface area contributed by atoms with Crippen LogP contribution in [0.2, 0.25) is 5.02 Å². The number of benzene rings is 2. The van der Waals surface area contributed by atoms with Gasteiger partial charge in [-0.1, -0.05) is 29.8 Å². The summed E-state index contributed by atoms with van der Waals surface area (Å²) < 4.78 is 15.2. The fourth-order valence-electron chi connectivity index (χ4n) is 2.04. The van der Waals surface area contributed by atoms with Crippen LogP contribution in [0.25, 0.3) is 6.08 Å². The van der Waals surface area contributed by atoms with Crippen molar-refractivity contribution in [2.45, 2.75) is 0 Å². The van der Waals surface area contributed by atoms with E-state index in [2.05, 4.69) is 5.32 Å². The number of hydrogen-bond acceptors (Lipinski definition) is 5. The lowest BCUT2D eigenvalue weighted by molar-refractivity contribution is -0.142. The van der Waals surface area contributed by atoms with Gasteiger partial charge in [-0.2, -0.15) is 0 Å². The van der Waals surface area contributed by atoms with Crippen LogP contribution in [-0.2, 0) is 14.3 Å². The molecular formula is C19H18ClNO5. The van der Waals surface area contributed by atoms with Gasteiger partial charge in [-0.05, 0) is 29.8 Å². The van der Waals surface area contributed by atoms with Crippen LogP contribution in [0.4, 0.5) is 5.69 Å². The van der Waals surface area contributed by atoms with Crippen molar-refractivity contribution in [3.8, 4) is 11.5 Å². The number of rotatable bonds is 7. The summed E-state index contributed by atoms with van der Waals surface area (Å²) in [7, 11) is 3.01. The lowest BCUT2D eigenvalue weighted by atomic mass is 10.2. The van der Waals surface area contributed by atoms with Crippen LogP contribution in [0.3, 0.4) is 0 Å². The van der Waals surface area contributed by atoms with Crippen molar-refractivity contribution in [3.05, 3.63) is 59.1 Å². The predicted octanol–water partition coefficient (Wildman–Crippen LogP) is 3.55. The maximum Gasteiger partial charge on any atom is 0.331 e. The quantitative estimate of drug-likeness (QED) is 0.591. The third kappa shape index (κ3) is 5.53. The first-order chi connectivity index (χ1) is 12.5. The number of amides is 1. The van der Waals surface area contributed by atoms with E-state index in [9.17, 15) is 9.59 Å². The topological polar surface area (TPSA) is 73.9 Å². The molecule has 0 fully saturated rings. The molecule has 0 aliphatic heterocycles. The zero-order valence-corrected chi connectivity index (χ0v) is 15.1. The van der Waals surface area contributed by atoms with E-state index in [1.54, 1.807) is 42.5 Å². The van der Waals surface area contributed by atoms with Crippen molar-refractivity contribution >= 4 is 35.2 Å². The molecule has 0 aliphatic carbocycles. The Morgan fingerprint density at radius 2 is 1.88 bits per heavy atom. The molecule has 0 saturated heterocycles. The van der Waals surface area contributed by atoms with Crippen molar-refractivity contribution in [1.82, 2.24) is 0 Å². The molecule has 0 radical (unpaired) electrons. The van der Waals surface area contributed by atoms with Crippen LogP contribution < -0.4 is 14.8 Å². The highest BCUT2D eigenvalue weighted by Crippen LogP contribution is 2.28.